The Hall–Kier alpha value is -6.66. The van der Waals surface area contributed by atoms with Gasteiger partial charge < -0.3 is 20.7 Å². The fourth-order valence-electron chi connectivity index (χ4n) is 5.26. The normalized spacial score (nSPS) is 11.7. The van der Waals surface area contributed by atoms with E-state index in [9.17, 15) is 31.9 Å². The summed E-state index contributed by atoms with van der Waals surface area (Å²) in [4.78, 5) is 40.9. The maximum Gasteiger partial charge on any atom is 0.272 e. The first-order valence-electron chi connectivity index (χ1n) is 16.8. The van der Waals surface area contributed by atoms with Gasteiger partial charge in [-0.15, -0.1) is 11.8 Å². The fourth-order valence-corrected chi connectivity index (χ4v) is 6.35. The second kappa shape index (κ2) is 17.9. The largest absolute Gasteiger partial charge is 0.489 e. The molecule has 0 heterocycles. The number of nitrogens with one attached hydrogen (secondary N) is 3. The van der Waals surface area contributed by atoms with Gasteiger partial charge in [0.25, 0.3) is 11.8 Å². The molecular weight excluding hydrogens is 731 g/mol. The highest BCUT2D eigenvalue weighted by Crippen LogP contribution is 2.38. The van der Waals surface area contributed by atoms with Crippen molar-refractivity contribution in [3.8, 4) is 5.75 Å². The predicted octanol–water partition coefficient (Wildman–Crippen LogP) is 9.70. The first-order valence-corrected chi connectivity index (χ1v) is 17.6. The lowest BCUT2D eigenvalue weighted by molar-refractivity contribution is -0.116. The maximum absolute atomic E-state index is 14.5. The summed E-state index contributed by atoms with van der Waals surface area (Å²) in [5.41, 5.74) is 1.31. The lowest BCUT2D eigenvalue weighted by Gasteiger charge is -2.18. The quantitative estimate of drug-likeness (QED) is 0.0472. The SMILES string of the molecule is O=C(Nc1cccc(SC(C(=O)Nc2c(F)c(F)cc(F)c2F)c2ccccc2)c1)/C(=C\c1ccc(OCc2ccccc2)cc1)NC(=O)c1ccccc1. The molecule has 0 radical (unpaired) electrons. The Morgan fingerprint density at radius 3 is 1.95 bits per heavy atom. The summed E-state index contributed by atoms with van der Waals surface area (Å²) in [6.45, 7) is 0.370. The Morgan fingerprint density at radius 2 is 1.29 bits per heavy atom. The van der Waals surface area contributed by atoms with Crippen molar-refractivity contribution >= 4 is 46.9 Å². The first-order chi connectivity index (χ1) is 26.6. The number of anilines is 2. The number of ether oxygens (including phenoxy) is 1. The minimum absolute atomic E-state index is 0.0517. The van der Waals surface area contributed by atoms with E-state index in [0.29, 0.717) is 33.9 Å². The van der Waals surface area contributed by atoms with Crippen LogP contribution in [0.5, 0.6) is 5.75 Å². The topological polar surface area (TPSA) is 96.5 Å². The summed E-state index contributed by atoms with van der Waals surface area (Å²) in [5.74, 6) is -8.35. The van der Waals surface area contributed by atoms with Gasteiger partial charge in [-0.3, -0.25) is 14.4 Å². The Balaban J connectivity index is 1.22. The molecule has 7 nitrogen and oxygen atoms in total. The van der Waals surface area contributed by atoms with Crippen molar-refractivity contribution in [2.24, 2.45) is 0 Å². The van der Waals surface area contributed by atoms with Gasteiger partial charge in [-0.05, 0) is 65.2 Å². The smallest absolute Gasteiger partial charge is 0.272 e. The summed E-state index contributed by atoms with van der Waals surface area (Å²) in [7, 11) is 0. The van der Waals surface area contributed by atoms with Gasteiger partial charge in [0.2, 0.25) is 5.91 Å². The van der Waals surface area contributed by atoms with Crippen LogP contribution in [-0.4, -0.2) is 17.7 Å². The van der Waals surface area contributed by atoms with Gasteiger partial charge in [0, 0.05) is 22.2 Å². The van der Waals surface area contributed by atoms with Crippen LogP contribution in [0, 0.1) is 23.3 Å². The van der Waals surface area contributed by atoms with Crippen molar-refractivity contribution in [3.05, 3.63) is 197 Å². The molecule has 0 saturated carbocycles. The van der Waals surface area contributed by atoms with E-state index in [1.807, 2.05) is 35.6 Å². The molecular formula is C43H31F4N3O4S. The number of rotatable bonds is 13. The molecule has 0 fully saturated rings. The summed E-state index contributed by atoms with van der Waals surface area (Å²) in [6, 6.07) is 39.7. The molecule has 3 amide bonds. The molecule has 6 aromatic rings. The average molecular weight is 762 g/mol. The van der Waals surface area contributed by atoms with Gasteiger partial charge >= 0.3 is 0 Å². The van der Waals surface area contributed by atoms with Crippen molar-refractivity contribution in [2.75, 3.05) is 10.6 Å². The van der Waals surface area contributed by atoms with Gasteiger partial charge in [0.05, 0.1) is 0 Å². The standard InChI is InChI=1S/C43H31F4N3O4S/c44-34-25-35(45)38(47)39(37(34)46)50-43(53)40(29-13-6-2-7-14-29)55-33-18-10-17-31(24-33)48-42(52)36(49-41(51)30-15-8-3-9-16-30)23-27-19-21-32(22-20-27)54-26-28-11-4-1-5-12-28/h1-25,40H,26H2,(H,48,52)(H,49,51)(H,50,53)/b36-23+. The van der Waals surface area contributed by atoms with Crippen LogP contribution in [0.4, 0.5) is 28.9 Å². The molecule has 0 aromatic heterocycles. The van der Waals surface area contributed by atoms with E-state index in [0.717, 1.165) is 17.3 Å². The molecule has 6 rings (SSSR count). The lowest BCUT2D eigenvalue weighted by atomic mass is 10.1. The van der Waals surface area contributed by atoms with E-state index in [4.69, 9.17) is 4.74 Å². The van der Waals surface area contributed by atoms with E-state index in [1.165, 1.54) is 6.08 Å². The van der Waals surface area contributed by atoms with E-state index < -0.39 is 51.9 Å². The van der Waals surface area contributed by atoms with E-state index >= 15 is 0 Å². The summed E-state index contributed by atoms with van der Waals surface area (Å²) in [6.07, 6.45) is 1.51. The first kappa shape index (κ1) is 38.1. The minimum atomic E-state index is -1.75. The van der Waals surface area contributed by atoms with E-state index in [1.54, 1.807) is 109 Å². The van der Waals surface area contributed by atoms with E-state index in [-0.39, 0.29) is 17.5 Å². The highest BCUT2D eigenvalue weighted by Gasteiger charge is 2.27. The molecule has 1 unspecified atom stereocenters. The molecule has 0 spiro atoms. The molecule has 0 saturated heterocycles. The van der Waals surface area contributed by atoms with Crippen LogP contribution < -0.4 is 20.7 Å². The number of hydrogen-bond donors (Lipinski definition) is 3. The van der Waals surface area contributed by atoms with Gasteiger partial charge in [-0.2, -0.15) is 0 Å². The number of amides is 3. The van der Waals surface area contributed by atoms with Crippen LogP contribution in [0.1, 0.15) is 32.3 Å². The fraction of sp³-hybridized carbons (Fsp3) is 0.0465. The lowest BCUT2D eigenvalue weighted by Crippen LogP contribution is -2.30. The molecule has 12 heteroatoms. The number of thioether (sulfide) groups is 1. The van der Waals surface area contributed by atoms with Crippen LogP contribution in [0.25, 0.3) is 6.08 Å². The molecule has 3 N–H and O–H groups in total. The van der Waals surface area contributed by atoms with E-state index in [2.05, 4.69) is 10.6 Å². The van der Waals surface area contributed by atoms with Crippen LogP contribution in [-0.2, 0) is 16.2 Å². The Kier molecular flexibility index (Phi) is 12.4. The number of carbonyl (C=O) groups is 3. The molecule has 6 aromatic carbocycles. The molecule has 0 bridgehead atoms. The highest BCUT2D eigenvalue weighted by molar-refractivity contribution is 8.00. The number of benzene rings is 6. The van der Waals surface area contributed by atoms with Gasteiger partial charge in [-0.25, -0.2) is 17.6 Å². The summed E-state index contributed by atoms with van der Waals surface area (Å²) >= 11 is 0.961. The van der Waals surface area contributed by atoms with Crippen molar-refractivity contribution in [1.82, 2.24) is 5.32 Å². The van der Waals surface area contributed by atoms with Gasteiger partial charge in [0.1, 0.15) is 29.0 Å². The third kappa shape index (κ3) is 10.1. The van der Waals surface area contributed by atoms with Crippen LogP contribution >= 0.6 is 11.8 Å². The average Bonchev–Trinajstić information content (AvgIpc) is 3.21. The second-order valence-corrected chi connectivity index (χ2v) is 13.1. The monoisotopic (exact) mass is 761 g/mol. The minimum Gasteiger partial charge on any atom is -0.489 e. The third-order valence-corrected chi connectivity index (χ3v) is 9.26. The summed E-state index contributed by atoms with van der Waals surface area (Å²) < 4.78 is 62.7. The Bertz CT molecular complexity index is 2300. The molecule has 55 heavy (non-hydrogen) atoms. The number of halogens is 4. The van der Waals surface area contributed by atoms with Crippen molar-refractivity contribution in [3.63, 3.8) is 0 Å². The maximum atomic E-state index is 14.5. The predicted molar refractivity (Wildman–Crippen MR) is 204 cm³/mol. The van der Waals surface area contributed by atoms with Gasteiger partial charge in [0.15, 0.2) is 23.3 Å². The zero-order valence-corrected chi connectivity index (χ0v) is 29.6. The Morgan fingerprint density at radius 1 is 0.673 bits per heavy atom. The van der Waals surface area contributed by atoms with Crippen molar-refractivity contribution in [1.29, 1.82) is 0 Å². The van der Waals surface area contributed by atoms with Crippen LogP contribution in [0.2, 0.25) is 0 Å². The second-order valence-electron chi connectivity index (χ2n) is 11.9. The van der Waals surface area contributed by atoms with Gasteiger partial charge in [-0.1, -0.05) is 97.1 Å². The molecule has 276 valence electrons. The van der Waals surface area contributed by atoms with Crippen LogP contribution in [0.3, 0.4) is 0 Å². The Labute approximate surface area is 318 Å². The van der Waals surface area contributed by atoms with Crippen LogP contribution in [0.15, 0.2) is 156 Å². The van der Waals surface area contributed by atoms with Crippen molar-refractivity contribution in [2.45, 2.75) is 16.8 Å². The molecule has 0 aliphatic rings. The number of hydrogen-bond acceptors (Lipinski definition) is 5. The van der Waals surface area contributed by atoms with Crippen molar-refractivity contribution < 1.29 is 36.7 Å². The molecule has 0 aliphatic carbocycles. The molecule has 1 atom stereocenters. The zero-order valence-electron chi connectivity index (χ0n) is 28.8. The highest BCUT2D eigenvalue weighted by atomic mass is 32.2. The third-order valence-electron chi connectivity index (χ3n) is 8.01. The summed E-state index contributed by atoms with van der Waals surface area (Å²) in [5, 5.41) is 6.31. The molecule has 0 aliphatic heterocycles. The zero-order chi connectivity index (χ0) is 38.7. The number of carbonyl (C=O) groups excluding carboxylic acids is 3.